The average molecular weight is 328 g/mol. The first-order valence-electron chi connectivity index (χ1n) is 7.31. The Morgan fingerprint density at radius 1 is 1.24 bits per heavy atom. The maximum atomic E-state index is 12.6. The second-order valence-electron chi connectivity index (χ2n) is 5.52. The molecule has 2 aromatic rings. The number of rotatable bonds is 3. The first-order chi connectivity index (χ1) is 10.1. The Bertz CT molecular complexity index is 712. The van der Waals surface area contributed by atoms with Crippen molar-refractivity contribution < 1.29 is 8.42 Å². The monoisotopic (exact) mass is 328 g/mol. The van der Waals surface area contributed by atoms with Gasteiger partial charge in [0.25, 0.3) is 10.0 Å². The average Bonchev–Trinajstić information content (AvgIpc) is 2.91. The van der Waals surface area contributed by atoms with E-state index in [0.29, 0.717) is 4.96 Å². The van der Waals surface area contributed by atoms with E-state index in [2.05, 4.69) is 9.71 Å². The summed E-state index contributed by atoms with van der Waals surface area (Å²) in [6.45, 7) is 0. The molecule has 0 aliphatic heterocycles. The van der Waals surface area contributed by atoms with E-state index in [-0.39, 0.29) is 16.9 Å². The van der Waals surface area contributed by atoms with Crippen molar-refractivity contribution in [1.82, 2.24) is 14.1 Å². The predicted octanol–water partition coefficient (Wildman–Crippen LogP) is 2.37. The molecule has 0 aromatic carbocycles. The van der Waals surface area contributed by atoms with Crippen LogP contribution in [0.15, 0.2) is 16.6 Å². The molecule has 1 aliphatic carbocycles. The van der Waals surface area contributed by atoms with E-state index in [9.17, 15) is 8.42 Å². The van der Waals surface area contributed by atoms with Crippen molar-refractivity contribution >= 4 is 32.1 Å². The van der Waals surface area contributed by atoms with Crippen molar-refractivity contribution in [2.45, 2.75) is 56.0 Å². The largest absolute Gasteiger partial charge is 0.381 e. The van der Waals surface area contributed by atoms with Gasteiger partial charge >= 0.3 is 0 Å². The normalized spacial score (nSPS) is 18.7. The number of fused-ring (bicyclic) bond motifs is 1. The summed E-state index contributed by atoms with van der Waals surface area (Å²) in [5.41, 5.74) is 5.80. The van der Waals surface area contributed by atoms with E-state index < -0.39 is 10.0 Å². The molecule has 116 valence electrons. The molecule has 6 nitrogen and oxygen atoms in total. The van der Waals surface area contributed by atoms with Crippen LogP contribution in [0.4, 0.5) is 5.82 Å². The predicted molar refractivity (Wildman–Crippen MR) is 83.9 cm³/mol. The van der Waals surface area contributed by atoms with Gasteiger partial charge in [-0.2, -0.15) is 0 Å². The molecule has 3 rings (SSSR count). The van der Waals surface area contributed by atoms with Gasteiger partial charge in [-0.05, 0) is 12.8 Å². The zero-order chi connectivity index (χ0) is 14.9. The van der Waals surface area contributed by atoms with Crippen LogP contribution in [0.1, 0.15) is 44.9 Å². The molecule has 1 aliphatic rings. The lowest BCUT2D eigenvalue weighted by Crippen LogP contribution is -2.36. The molecular formula is C13H20N4O2S2. The van der Waals surface area contributed by atoms with Gasteiger partial charge in [-0.3, -0.25) is 4.40 Å². The Balaban J connectivity index is 1.85. The van der Waals surface area contributed by atoms with Crippen molar-refractivity contribution in [1.29, 1.82) is 0 Å². The maximum absolute atomic E-state index is 12.6. The van der Waals surface area contributed by atoms with Crippen molar-refractivity contribution in [2.24, 2.45) is 0 Å². The van der Waals surface area contributed by atoms with E-state index in [1.165, 1.54) is 30.6 Å². The molecule has 8 heteroatoms. The molecule has 0 bridgehead atoms. The summed E-state index contributed by atoms with van der Waals surface area (Å²) in [4.78, 5) is 4.71. The zero-order valence-corrected chi connectivity index (χ0v) is 13.4. The van der Waals surface area contributed by atoms with Crippen LogP contribution in [0.2, 0.25) is 0 Å². The SMILES string of the molecule is Nc1nc2sccn2c1S(=O)(=O)NC1CCCCCCC1. The van der Waals surface area contributed by atoms with Crippen LogP contribution in [0.5, 0.6) is 0 Å². The van der Waals surface area contributed by atoms with Gasteiger partial charge in [0.1, 0.15) is 0 Å². The molecule has 0 saturated heterocycles. The fourth-order valence-corrected chi connectivity index (χ4v) is 5.19. The molecule has 3 N–H and O–H groups in total. The molecule has 0 spiro atoms. The molecule has 1 saturated carbocycles. The summed E-state index contributed by atoms with van der Waals surface area (Å²) < 4.78 is 29.7. The number of aromatic nitrogens is 2. The van der Waals surface area contributed by atoms with E-state index in [1.54, 1.807) is 16.0 Å². The lowest BCUT2D eigenvalue weighted by molar-refractivity contribution is 0.426. The van der Waals surface area contributed by atoms with Crippen LogP contribution >= 0.6 is 11.3 Å². The third-order valence-electron chi connectivity index (χ3n) is 3.93. The number of hydrogen-bond acceptors (Lipinski definition) is 5. The number of thiazole rings is 1. The number of nitrogens with one attached hydrogen (secondary N) is 1. The number of nitrogen functional groups attached to an aromatic ring is 1. The highest BCUT2D eigenvalue weighted by Crippen LogP contribution is 2.25. The zero-order valence-electron chi connectivity index (χ0n) is 11.8. The van der Waals surface area contributed by atoms with Crippen LogP contribution in [-0.4, -0.2) is 23.8 Å². The minimum atomic E-state index is -3.64. The second-order valence-corrected chi connectivity index (χ2v) is 8.02. The van der Waals surface area contributed by atoms with Gasteiger partial charge in [0.2, 0.25) is 0 Å². The summed E-state index contributed by atoms with van der Waals surface area (Å²) in [6, 6.07) is -0.00103. The highest BCUT2D eigenvalue weighted by Gasteiger charge is 2.27. The molecule has 1 fully saturated rings. The lowest BCUT2D eigenvalue weighted by atomic mass is 9.97. The second kappa shape index (κ2) is 5.94. The van der Waals surface area contributed by atoms with Gasteiger partial charge in [-0.15, -0.1) is 11.3 Å². The standard InChI is InChI=1S/C13H20N4O2S2/c14-11-12(17-8-9-20-13(17)15-11)21(18,19)16-10-6-4-2-1-3-5-7-10/h8-10,16H,1-7,14H2. The van der Waals surface area contributed by atoms with E-state index in [1.807, 2.05) is 0 Å². The molecule has 0 unspecified atom stereocenters. The number of anilines is 1. The van der Waals surface area contributed by atoms with Crippen molar-refractivity contribution in [3.05, 3.63) is 11.6 Å². The van der Waals surface area contributed by atoms with Gasteiger partial charge in [0.05, 0.1) is 0 Å². The smallest absolute Gasteiger partial charge is 0.260 e. The third-order valence-corrected chi connectivity index (χ3v) is 6.24. The van der Waals surface area contributed by atoms with Gasteiger partial charge in [-0.25, -0.2) is 18.1 Å². The topological polar surface area (TPSA) is 89.5 Å². The van der Waals surface area contributed by atoms with Crippen LogP contribution < -0.4 is 10.5 Å². The summed E-state index contributed by atoms with van der Waals surface area (Å²) in [5.74, 6) is 0.0696. The molecule has 21 heavy (non-hydrogen) atoms. The number of sulfonamides is 1. The first kappa shape index (κ1) is 14.8. The number of nitrogens with zero attached hydrogens (tertiary/aromatic N) is 2. The van der Waals surface area contributed by atoms with Gasteiger partial charge in [-0.1, -0.05) is 32.1 Å². The highest BCUT2D eigenvalue weighted by atomic mass is 32.2. The molecular weight excluding hydrogens is 308 g/mol. The summed E-state index contributed by atoms with van der Waals surface area (Å²) in [7, 11) is -3.64. The Labute approximate surface area is 128 Å². The number of hydrogen-bond donors (Lipinski definition) is 2. The fourth-order valence-electron chi connectivity index (χ4n) is 2.90. The van der Waals surface area contributed by atoms with E-state index in [0.717, 1.165) is 25.7 Å². The van der Waals surface area contributed by atoms with E-state index in [4.69, 9.17) is 5.73 Å². The van der Waals surface area contributed by atoms with Crippen LogP contribution in [0, 0.1) is 0 Å². The maximum Gasteiger partial charge on any atom is 0.260 e. The van der Waals surface area contributed by atoms with Gasteiger partial charge in [0.15, 0.2) is 15.8 Å². The Hall–Kier alpha value is -1.12. The third kappa shape index (κ3) is 3.07. The summed E-state index contributed by atoms with van der Waals surface area (Å²) in [5, 5.41) is 1.87. The van der Waals surface area contributed by atoms with Crippen molar-refractivity contribution in [3.8, 4) is 0 Å². The number of nitrogens with two attached hydrogens (primary N) is 1. The van der Waals surface area contributed by atoms with Crippen LogP contribution in [-0.2, 0) is 10.0 Å². The van der Waals surface area contributed by atoms with Gasteiger partial charge in [0, 0.05) is 17.6 Å². The molecule has 0 atom stereocenters. The Kier molecular flexibility index (Phi) is 4.19. The minimum Gasteiger partial charge on any atom is -0.381 e. The quantitative estimate of drug-likeness (QED) is 0.905. The summed E-state index contributed by atoms with van der Waals surface area (Å²) >= 11 is 1.37. The Morgan fingerprint density at radius 2 is 1.90 bits per heavy atom. The first-order valence-corrected chi connectivity index (χ1v) is 9.67. The number of imidazole rings is 1. The van der Waals surface area contributed by atoms with Crippen molar-refractivity contribution in [3.63, 3.8) is 0 Å². The Morgan fingerprint density at radius 3 is 2.62 bits per heavy atom. The minimum absolute atomic E-state index is 0.00103. The van der Waals surface area contributed by atoms with Crippen molar-refractivity contribution in [2.75, 3.05) is 5.73 Å². The lowest BCUT2D eigenvalue weighted by Gasteiger charge is -2.20. The molecule has 0 radical (unpaired) electrons. The molecule has 0 amide bonds. The van der Waals surface area contributed by atoms with Gasteiger partial charge < -0.3 is 5.73 Å². The molecule has 2 aromatic heterocycles. The van der Waals surface area contributed by atoms with Crippen LogP contribution in [0.25, 0.3) is 4.96 Å². The molecule has 2 heterocycles. The van der Waals surface area contributed by atoms with E-state index >= 15 is 0 Å². The van der Waals surface area contributed by atoms with Crippen LogP contribution in [0.3, 0.4) is 0 Å². The highest BCUT2D eigenvalue weighted by molar-refractivity contribution is 7.89. The fraction of sp³-hybridized carbons (Fsp3) is 0.615. The summed E-state index contributed by atoms with van der Waals surface area (Å²) in [6.07, 6.45) is 9.24.